The monoisotopic (exact) mass is 421 g/mol. The van der Waals surface area contributed by atoms with Crippen LogP contribution >= 0.6 is 0 Å². The van der Waals surface area contributed by atoms with E-state index in [-0.39, 0.29) is 6.10 Å². The van der Waals surface area contributed by atoms with Gasteiger partial charge < -0.3 is 15.6 Å². The van der Waals surface area contributed by atoms with Gasteiger partial charge in [-0.2, -0.15) is 5.10 Å². The molecule has 1 aliphatic rings. The second-order valence-corrected chi connectivity index (χ2v) is 8.37. The highest BCUT2D eigenvalue weighted by molar-refractivity contribution is 5.70. The van der Waals surface area contributed by atoms with Crippen LogP contribution in [-0.4, -0.2) is 38.1 Å². The molecular formula is C24H31N5O2. The lowest BCUT2D eigenvalue weighted by molar-refractivity contribution is 0.106. The Morgan fingerprint density at radius 1 is 1.13 bits per heavy atom. The Morgan fingerprint density at radius 2 is 1.90 bits per heavy atom. The van der Waals surface area contributed by atoms with Crippen molar-refractivity contribution in [2.75, 3.05) is 12.8 Å². The predicted octanol–water partition coefficient (Wildman–Crippen LogP) is 3.85. The summed E-state index contributed by atoms with van der Waals surface area (Å²) in [5.74, 6) is 2.99. The summed E-state index contributed by atoms with van der Waals surface area (Å²) in [6.45, 7) is 0.587. The quantitative estimate of drug-likeness (QED) is 0.573. The summed E-state index contributed by atoms with van der Waals surface area (Å²) < 4.78 is 7.00. The van der Waals surface area contributed by atoms with Crippen LogP contribution in [0.2, 0.25) is 0 Å². The largest absolute Gasteiger partial charge is 0.497 e. The molecule has 1 fully saturated rings. The van der Waals surface area contributed by atoms with E-state index in [1.165, 1.54) is 6.42 Å². The number of aliphatic hydroxyl groups excluding tert-OH is 1. The molecule has 0 saturated heterocycles. The average molecular weight is 422 g/mol. The standard InChI is InChI=1S/C24H31N5O2/c1-31-20-11-7-18(8-12-20)16-29-24(25)21(15-27-29)22-13-14-26-23(28-22)4-2-3-17-5-9-19(30)10-6-17/h7-8,11-15,17,19,30H,2-6,9-10,16,25H2,1H3. The van der Waals surface area contributed by atoms with Crippen molar-refractivity contribution < 1.29 is 9.84 Å². The zero-order valence-electron chi connectivity index (χ0n) is 18.1. The number of rotatable bonds is 8. The number of anilines is 1. The number of ether oxygens (including phenoxy) is 1. The van der Waals surface area contributed by atoms with Crippen molar-refractivity contribution in [3.05, 3.63) is 54.1 Å². The van der Waals surface area contributed by atoms with Crippen LogP contribution in [0.15, 0.2) is 42.7 Å². The number of aromatic nitrogens is 4. The molecule has 0 aliphatic heterocycles. The first kappa shape index (κ1) is 21.3. The van der Waals surface area contributed by atoms with Crippen LogP contribution in [0, 0.1) is 5.92 Å². The Morgan fingerprint density at radius 3 is 2.65 bits per heavy atom. The second kappa shape index (κ2) is 9.92. The van der Waals surface area contributed by atoms with Gasteiger partial charge in [-0.15, -0.1) is 0 Å². The fourth-order valence-corrected chi connectivity index (χ4v) is 4.27. The topological polar surface area (TPSA) is 99.1 Å². The fourth-order valence-electron chi connectivity index (χ4n) is 4.27. The highest BCUT2D eigenvalue weighted by Gasteiger charge is 2.19. The molecule has 2 aromatic heterocycles. The van der Waals surface area contributed by atoms with Crippen molar-refractivity contribution >= 4 is 5.82 Å². The van der Waals surface area contributed by atoms with Crippen molar-refractivity contribution in [3.63, 3.8) is 0 Å². The lowest BCUT2D eigenvalue weighted by Crippen LogP contribution is -2.18. The smallest absolute Gasteiger partial charge is 0.131 e. The van der Waals surface area contributed by atoms with Gasteiger partial charge >= 0.3 is 0 Å². The molecule has 1 saturated carbocycles. The summed E-state index contributed by atoms with van der Waals surface area (Å²) in [5, 5.41) is 14.1. The fraction of sp³-hybridized carbons (Fsp3) is 0.458. The third kappa shape index (κ3) is 5.41. The average Bonchev–Trinajstić information content (AvgIpc) is 3.16. The number of methoxy groups -OCH3 is 1. The van der Waals surface area contributed by atoms with Crippen molar-refractivity contribution in [1.82, 2.24) is 19.7 Å². The number of aryl methyl sites for hydroxylation is 1. The molecule has 0 unspecified atom stereocenters. The van der Waals surface area contributed by atoms with E-state index in [9.17, 15) is 5.11 Å². The second-order valence-electron chi connectivity index (χ2n) is 8.37. The molecule has 1 aliphatic carbocycles. The molecule has 0 radical (unpaired) electrons. The van der Waals surface area contributed by atoms with E-state index in [2.05, 4.69) is 10.1 Å². The Labute approximate surface area is 183 Å². The first-order chi connectivity index (χ1) is 15.1. The molecular weight excluding hydrogens is 390 g/mol. The van der Waals surface area contributed by atoms with E-state index in [0.717, 1.165) is 72.8 Å². The lowest BCUT2D eigenvalue weighted by Gasteiger charge is -2.25. The highest BCUT2D eigenvalue weighted by atomic mass is 16.5. The molecule has 1 aromatic carbocycles. The summed E-state index contributed by atoms with van der Waals surface area (Å²) in [5.41, 5.74) is 9.13. The molecule has 3 N–H and O–H groups in total. The summed E-state index contributed by atoms with van der Waals surface area (Å²) in [7, 11) is 1.66. The van der Waals surface area contributed by atoms with Gasteiger partial charge in [0.15, 0.2) is 0 Å². The predicted molar refractivity (Wildman–Crippen MR) is 121 cm³/mol. The van der Waals surface area contributed by atoms with Crippen molar-refractivity contribution in [3.8, 4) is 17.0 Å². The van der Waals surface area contributed by atoms with Crippen molar-refractivity contribution in [1.29, 1.82) is 0 Å². The van der Waals surface area contributed by atoms with Crippen LogP contribution in [-0.2, 0) is 13.0 Å². The van der Waals surface area contributed by atoms with Gasteiger partial charge in [0.2, 0.25) is 0 Å². The molecule has 7 heteroatoms. The van der Waals surface area contributed by atoms with E-state index < -0.39 is 0 Å². The van der Waals surface area contributed by atoms with Gasteiger partial charge in [-0.25, -0.2) is 14.6 Å². The third-order valence-corrected chi connectivity index (χ3v) is 6.18. The molecule has 164 valence electrons. The minimum absolute atomic E-state index is 0.0904. The maximum atomic E-state index is 9.66. The van der Waals surface area contributed by atoms with Crippen LogP contribution in [0.25, 0.3) is 11.3 Å². The van der Waals surface area contributed by atoms with Gasteiger partial charge in [-0.1, -0.05) is 18.6 Å². The number of nitrogens with two attached hydrogens (primary N) is 1. The number of benzene rings is 1. The lowest BCUT2D eigenvalue weighted by atomic mass is 9.84. The summed E-state index contributed by atoms with van der Waals surface area (Å²) in [6, 6.07) is 9.77. The Bertz CT molecular complexity index is 978. The van der Waals surface area contributed by atoms with Crippen LogP contribution in [0.1, 0.15) is 49.9 Å². The Kier molecular flexibility index (Phi) is 6.82. The molecule has 0 amide bonds. The summed E-state index contributed by atoms with van der Waals surface area (Å²) in [6.07, 6.45) is 10.7. The first-order valence-electron chi connectivity index (χ1n) is 11.1. The van der Waals surface area contributed by atoms with Crippen LogP contribution in [0.5, 0.6) is 5.75 Å². The SMILES string of the molecule is COc1ccc(Cn2ncc(-c3ccnc(CCCC4CCC(O)CC4)n3)c2N)cc1. The summed E-state index contributed by atoms with van der Waals surface area (Å²) >= 11 is 0. The molecule has 0 atom stereocenters. The van der Waals surface area contributed by atoms with Crippen LogP contribution in [0.3, 0.4) is 0 Å². The Balaban J connectivity index is 1.38. The number of nitrogen functional groups attached to an aromatic ring is 1. The maximum Gasteiger partial charge on any atom is 0.131 e. The minimum atomic E-state index is -0.0904. The molecule has 4 rings (SSSR count). The van der Waals surface area contributed by atoms with E-state index >= 15 is 0 Å². The number of aliphatic hydroxyl groups is 1. The van der Waals surface area contributed by atoms with Crippen LogP contribution in [0.4, 0.5) is 5.82 Å². The van der Waals surface area contributed by atoms with E-state index in [1.807, 2.05) is 30.3 Å². The number of nitrogens with zero attached hydrogens (tertiary/aromatic N) is 4. The molecule has 0 bridgehead atoms. The molecule has 31 heavy (non-hydrogen) atoms. The van der Waals surface area contributed by atoms with Gasteiger partial charge in [-0.3, -0.25) is 0 Å². The van der Waals surface area contributed by atoms with E-state index in [0.29, 0.717) is 12.4 Å². The maximum absolute atomic E-state index is 9.66. The van der Waals surface area contributed by atoms with Crippen molar-refractivity contribution in [2.45, 2.75) is 57.6 Å². The molecule has 7 nitrogen and oxygen atoms in total. The van der Waals surface area contributed by atoms with Gasteiger partial charge in [0.05, 0.1) is 37.2 Å². The zero-order chi connectivity index (χ0) is 21.6. The minimum Gasteiger partial charge on any atom is -0.497 e. The third-order valence-electron chi connectivity index (χ3n) is 6.18. The normalized spacial score (nSPS) is 18.8. The van der Waals surface area contributed by atoms with E-state index in [4.69, 9.17) is 15.5 Å². The molecule has 2 heterocycles. The molecule has 3 aromatic rings. The highest BCUT2D eigenvalue weighted by Crippen LogP contribution is 2.28. The van der Waals surface area contributed by atoms with Gasteiger partial charge in [0.25, 0.3) is 0 Å². The Hall–Kier alpha value is -2.93. The van der Waals surface area contributed by atoms with Gasteiger partial charge in [-0.05, 0) is 61.8 Å². The number of hydrogen-bond donors (Lipinski definition) is 2. The zero-order valence-corrected chi connectivity index (χ0v) is 18.1. The van der Waals surface area contributed by atoms with Crippen molar-refractivity contribution in [2.24, 2.45) is 5.92 Å². The van der Waals surface area contributed by atoms with Gasteiger partial charge in [0.1, 0.15) is 17.4 Å². The van der Waals surface area contributed by atoms with E-state index in [1.54, 1.807) is 24.2 Å². The number of hydrogen-bond acceptors (Lipinski definition) is 6. The molecule has 0 spiro atoms. The first-order valence-corrected chi connectivity index (χ1v) is 11.1. The van der Waals surface area contributed by atoms with Crippen LogP contribution < -0.4 is 10.5 Å². The van der Waals surface area contributed by atoms with Gasteiger partial charge in [0, 0.05) is 12.6 Å². The summed E-state index contributed by atoms with van der Waals surface area (Å²) in [4.78, 5) is 9.19.